The smallest absolute Gasteiger partial charge is 0.256 e. The second kappa shape index (κ2) is 7.09. The van der Waals surface area contributed by atoms with Crippen LogP contribution in [0.5, 0.6) is 5.75 Å². The molecule has 2 rings (SSSR count). The Labute approximate surface area is 154 Å². The summed E-state index contributed by atoms with van der Waals surface area (Å²) in [4.78, 5) is 12.7. The van der Waals surface area contributed by atoms with Crippen LogP contribution < -0.4 is 10.0 Å². The summed E-state index contributed by atoms with van der Waals surface area (Å²) in [5, 5.41) is 12.7. The average molecular weight is 376 g/mol. The summed E-state index contributed by atoms with van der Waals surface area (Å²) in [7, 11) is -2.35. The molecule has 7 heteroatoms. The van der Waals surface area contributed by atoms with E-state index in [0.717, 1.165) is 5.56 Å². The highest BCUT2D eigenvalue weighted by Gasteiger charge is 2.19. The molecule has 0 aliphatic heterocycles. The number of benzene rings is 2. The molecule has 0 saturated heterocycles. The Morgan fingerprint density at radius 3 is 2.31 bits per heavy atom. The van der Waals surface area contributed by atoms with Crippen molar-refractivity contribution >= 4 is 21.6 Å². The SMILES string of the molecule is CNS(=O)(=O)c1ccc(C)c(C(=O)Nc2cc(C(C)(C)C)ccc2O)c1. The molecule has 3 N–H and O–H groups in total. The minimum atomic E-state index is -3.66. The summed E-state index contributed by atoms with van der Waals surface area (Å²) >= 11 is 0. The number of rotatable bonds is 4. The molecule has 140 valence electrons. The molecule has 0 spiro atoms. The molecule has 0 unspecified atom stereocenters. The zero-order valence-electron chi connectivity index (χ0n) is 15.5. The van der Waals surface area contributed by atoms with E-state index in [1.54, 1.807) is 25.1 Å². The first kappa shape index (κ1) is 19.9. The van der Waals surface area contributed by atoms with Crippen LogP contribution in [0.25, 0.3) is 0 Å². The van der Waals surface area contributed by atoms with E-state index in [9.17, 15) is 18.3 Å². The Balaban J connectivity index is 2.41. The van der Waals surface area contributed by atoms with Crippen molar-refractivity contribution in [1.82, 2.24) is 4.72 Å². The number of anilines is 1. The third kappa shape index (κ3) is 4.23. The maximum Gasteiger partial charge on any atom is 0.256 e. The number of aromatic hydroxyl groups is 1. The second-order valence-corrected chi connectivity index (χ2v) is 9.01. The lowest BCUT2D eigenvalue weighted by atomic mass is 9.87. The number of nitrogens with one attached hydrogen (secondary N) is 2. The predicted molar refractivity (Wildman–Crippen MR) is 102 cm³/mol. The quantitative estimate of drug-likeness (QED) is 0.714. The normalized spacial score (nSPS) is 12.0. The van der Waals surface area contributed by atoms with Crippen LogP contribution >= 0.6 is 0 Å². The first-order chi connectivity index (χ1) is 12.0. The van der Waals surface area contributed by atoms with Crippen molar-refractivity contribution in [3.05, 3.63) is 53.1 Å². The predicted octanol–water partition coefficient (Wildman–Crippen LogP) is 3.16. The molecule has 6 nitrogen and oxygen atoms in total. The first-order valence-corrected chi connectivity index (χ1v) is 9.63. The van der Waals surface area contributed by atoms with E-state index in [4.69, 9.17) is 0 Å². The van der Waals surface area contributed by atoms with Crippen LogP contribution in [0.3, 0.4) is 0 Å². The largest absolute Gasteiger partial charge is 0.506 e. The van der Waals surface area contributed by atoms with Gasteiger partial charge in [-0.25, -0.2) is 13.1 Å². The Hall–Kier alpha value is -2.38. The van der Waals surface area contributed by atoms with E-state index in [1.807, 2.05) is 20.8 Å². The van der Waals surface area contributed by atoms with Gasteiger partial charge in [0.1, 0.15) is 5.75 Å². The van der Waals surface area contributed by atoms with E-state index < -0.39 is 15.9 Å². The standard InChI is InChI=1S/C19H24N2O4S/c1-12-6-8-14(26(24,25)20-5)11-15(12)18(23)21-16-10-13(19(2,3)4)7-9-17(16)22/h6-11,20,22H,1-5H3,(H,21,23). The molecule has 0 aromatic heterocycles. The Morgan fingerprint density at radius 1 is 1.08 bits per heavy atom. The van der Waals surface area contributed by atoms with Gasteiger partial charge in [-0.05, 0) is 54.8 Å². The number of amides is 1. The fraction of sp³-hybridized carbons (Fsp3) is 0.316. The maximum atomic E-state index is 12.7. The van der Waals surface area contributed by atoms with Gasteiger partial charge in [-0.3, -0.25) is 4.79 Å². The molecular formula is C19H24N2O4S. The zero-order chi connectivity index (χ0) is 19.7. The third-order valence-corrected chi connectivity index (χ3v) is 5.56. The molecule has 0 saturated carbocycles. The maximum absolute atomic E-state index is 12.7. The fourth-order valence-corrected chi connectivity index (χ4v) is 3.18. The zero-order valence-corrected chi connectivity index (χ0v) is 16.4. The van der Waals surface area contributed by atoms with Crippen molar-refractivity contribution in [3.63, 3.8) is 0 Å². The molecule has 0 bridgehead atoms. The summed E-state index contributed by atoms with van der Waals surface area (Å²) in [6, 6.07) is 9.39. The second-order valence-electron chi connectivity index (χ2n) is 7.12. The topological polar surface area (TPSA) is 95.5 Å². The lowest BCUT2D eigenvalue weighted by Crippen LogP contribution is -2.20. The van der Waals surface area contributed by atoms with E-state index in [1.165, 1.54) is 25.2 Å². The van der Waals surface area contributed by atoms with Gasteiger partial charge in [0, 0.05) is 5.56 Å². The van der Waals surface area contributed by atoms with Crippen LogP contribution in [-0.4, -0.2) is 26.5 Å². The molecule has 0 atom stereocenters. The number of sulfonamides is 1. The van der Waals surface area contributed by atoms with Crippen molar-refractivity contribution in [3.8, 4) is 5.75 Å². The van der Waals surface area contributed by atoms with Gasteiger partial charge in [-0.2, -0.15) is 0 Å². The van der Waals surface area contributed by atoms with Crippen LogP contribution in [0.15, 0.2) is 41.3 Å². The molecule has 0 aliphatic rings. The number of aryl methyl sites for hydroxylation is 1. The molecule has 0 aliphatic carbocycles. The van der Waals surface area contributed by atoms with E-state index in [-0.39, 0.29) is 27.3 Å². The number of carbonyl (C=O) groups is 1. The van der Waals surface area contributed by atoms with E-state index in [0.29, 0.717) is 5.56 Å². The minimum absolute atomic E-state index is 0.00316. The summed E-state index contributed by atoms with van der Waals surface area (Å²) < 4.78 is 26.2. The van der Waals surface area contributed by atoms with Crippen LogP contribution in [0.1, 0.15) is 42.3 Å². The highest BCUT2D eigenvalue weighted by Crippen LogP contribution is 2.31. The van der Waals surface area contributed by atoms with E-state index in [2.05, 4.69) is 10.0 Å². The molecule has 0 heterocycles. The Kier molecular flexibility index (Phi) is 5.44. The fourth-order valence-electron chi connectivity index (χ4n) is 2.42. The highest BCUT2D eigenvalue weighted by molar-refractivity contribution is 7.89. The molecular weight excluding hydrogens is 352 g/mol. The third-order valence-electron chi connectivity index (χ3n) is 4.14. The van der Waals surface area contributed by atoms with Gasteiger partial charge >= 0.3 is 0 Å². The number of phenols is 1. The summed E-state index contributed by atoms with van der Waals surface area (Å²) in [6.45, 7) is 7.81. The number of carbonyl (C=O) groups excluding carboxylic acids is 1. The molecule has 26 heavy (non-hydrogen) atoms. The van der Waals surface area contributed by atoms with Gasteiger partial charge < -0.3 is 10.4 Å². The van der Waals surface area contributed by atoms with Crippen LogP contribution in [0.4, 0.5) is 5.69 Å². The van der Waals surface area contributed by atoms with Gasteiger partial charge in [0.05, 0.1) is 10.6 Å². The van der Waals surface area contributed by atoms with Gasteiger partial charge in [-0.1, -0.05) is 32.9 Å². The van der Waals surface area contributed by atoms with Crippen LogP contribution in [0.2, 0.25) is 0 Å². The first-order valence-electron chi connectivity index (χ1n) is 8.15. The summed E-state index contributed by atoms with van der Waals surface area (Å²) in [6.07, 6.45) is 0. The van der Waals surface area contributed by atoms with E-state index >= 15 is 0 Å². The lowest BCUT2D eigenvalue weighted by Gasteiger charge is -2.20. The summed E-state index contributed by atoms with van der Waals surface area (Å²) in [5.41, 5.74) is 1.94. The monoisotopic (exact) mass is 376 g/mol. The molecule has 2 aromatic rings. The molecule has 0 radical (unpaired) electrons. The van der Waals surface area contributed by atoms with Crippen molar-refractivity contribution in [1.29, 1.82) is 0 Å². The highest BCUT2D eigenvalue weighted by atomic mass is 32.2. The van der Waals surface area contributed by atoms with Crippen LogP contribution in [-0.2, 0) is 15.4 Å². The Morgan fingerprint density at radius 2 is 1.73 bits per heavy atom. The molecule has 0 fully saturated rings. The lowest BCUT2D eigenvalue weighted by molar-refractivity contribution is 0.102. The summed E-state index contributed by atoms with van der Waals surface area (Å²) in [5.74, 6) is -0.542. The number of hydrogen-bond acceptors (Lipinski definition) is 4. The van der Waals surface area contributed by atoms with Crippen molar-refractivity contribution in [2.45, 2.75) is 38.0 Å². The van der Waals surface area contributed by atoms with Gasteiger partial charge in [0.2, 0.25) is 10.0 Å². The molecule has 1 amide bonds. The van der Waals surface area contributed by atoms with Crippen LogP contribution in [0, 0.1) is 6.92 Å². The van der Waals surface area contributed by atoms with Crippen molar-refractivity contribution in [2.24, 2.45) is 0 Å². The van der Waals surface area contributed by atoms with Crippen molar-refractivity contribution in [2.75, 3.05) is 12.4 Å². The van der Waals surface area contributed by atoms with Gasteiger partial charge in [0.15, 0.2) is 0 Å². The Bertz CT molecular complexity index is 944. The van der Waals surface area contributed by atoms with Gasteiger partial charge in [0.25, 0.3) is 5.91 Å². The molecule has 2 aromatic carbocycles. The van der Waals surface area contributed by atoms with Gasteiger partial charge in [-0.15, -0.1) is 0 Å². The minimum Gasteiger partial charge on any atom is -0.506 e. The van der Waals surface area contributed by atoms with Crippen molar-refractivity contribution < 1.29 is 18.3 Å². The number of hydrogen-bond donors (Lipinski definition) is 3. The average Bonchev–Trinajstić information content (AvgIpc) is 2.55. The number of phenolic OH excluding ortho intramolecular Hbond substituents is 1.